The van der Waals surface area contributed by atoms with Crippen molar-refractivity contribution in [1.82, 2.24) is 15.2 Å². The maximum Gasteiger partial charge on any atom is 0.253 e. The largest absolute Gasteiger partial charge is 0.480 e. The minimum atomic E-state index is -1.11. The summed E-state index contributed by atoms with van der Waals surface area (Å²) in [5.74, 6) is -0.572. The molecule has 7 nitrogen and oxygen atoms in total. The van der Waals surface area contributed by atoms with Gasteiger partial charge < -0.3 is 20.1 Å². The number of methoxy groups -OCH3 is 1. The summed E-state index contributed by atoms with van der Waals surface area (Å²) < 4.78 is 5.03. The number of halogens is 2. The molecule has 184 valence electrons. The first-order valence-corrected chi connectivity index (χ1v) is 11.9. The maximum absolute atomic E-state index is 13.5. The maximum atomic E-state index is 13.5. The number of hydrogen-bond acceptors (Lipinski definition) is 5. The standard InChI is InChI=1S/C25H31Cl2N3O4/c1-15(2)20(29-21(31)16-12-19(27)22(34-5)28-13-16)23(32)30-11-10-25(33,24(3,4)14-30)17-6-8-18(26)9-7-17/h6-9,12-13,15,20,33H,10-11,14H2,1-5H3,(H,29,31). The van der Waals surface area contributed by atoms with Gasteiger partial charge in [-0.2, -0.15) is 0 Å². The number of carbonyl (C=O) groups excluding carboxylic acids is 2. The summed E-state index contributed by atoms with van der Waals surface area (Å²) in [6.45, 7) is 8.32. The molecule has 2 N–H and O–H groups in total. The van der Waals surface area contributed by atoms with Crippen LogP contribution in [0.15, 0.2) is 36.5 Å². The third-order valence-corrected chi connectivity index (χ3v) is 7.09. The molecule has 1 aliphatic rings. The number of aliphatic hydroxyl groups is 1. The number of piperidine rings is 1. The van der Waals surface area contributed by atoms with Gasteiger partial charge in [0.2, 0.25) is 11.8 Å². The summed E-state index contributed by atoms with van der Waals surface area (Å²) in [5.41, 5.74) is -0.739. The van der Waals surface area contributed by atoms with Crippen molar-refractivity contribution in [3.05, 3.63) is 57.7 Å². The van der Waals surface area contributed by atoms with Gasteiger partial charge >= 0.3 is 0 Å². The van der Waals surface area contributed by atoms with E-state index >= 15 is 0 Å². The molecule has 1 aromatic heterocycles. The predicted molar refractivity (Wildman–Crippen MR) is 132 cm³/mol. The van der Waals surface area contributed by atoms with E-state index in [1.54, 1.807) is 17.0 Å². The first-order valence-electron chi connectivity index (χ1n) is 11.2. The molecule has 2 atom stereocenters. The van der Waals surface area contributed by atoms with Gasteiger partial charge in [-0.05, 0) is 36.1 Å². The lowest BCUT2D eigenvalue weighted by Crippen LogP contribution is -2.60. The Kier molecular flexibility index (Phi) is 7.80. The van der Waals surface area contributed by atoms with Crippen molar-refractivity contribution in [2.24, 2.45) is 11.3 Å². The lowest BCUT2D eigenvalue weighted by molar-refractivity contribution is -0.155. The summed E-state index contributed by atoms with van der Waals surface area (Å²) in [6, 6.07) is 7.88. The average Bonchev–Trinajstić information content (AvgIpc) is 2.78. The highest BCUT2D eigenvalue weighted by molar-refractivity contribution is 6.32. The average molecular weight is 508 g/mol. The molecular formula is C25H31Cl2N3O4. The van der Waals surface area contributed by atoms with Crippen LogP contribution in [0.4, 0.5) is 0 Å². The Labute approximate surface area is 210 Å². The molecule has 3 rings (SSSR count). The van der Waals surface area contributed by atoms with Crippen LogP contribution in [0, 0.1) is 11.3 Å². The number of aromatic nitrogens is 1. The van der Waals surface area contributed by atoms with Crippen LogP contribution in [0.1, 0.15) is 50.0 Å². The molecule has 1 fully saturated rings. The number of nitrogens with one attached hydrogen (secondary N) is 1. The van der Waals surface area contributed by atoms with Gasteiger partial charge in [0.25, 0.3) is 5.91 Å². The molecule has 0 spiro atoms. The zero-order chi connectivity index (χ0) is 25.3. The van der Waals surface area contributed by atoms with Gasteiger partial charge in [-0.1, -0.05) is 63.0 Å². The summed E-state index contributed by atoms with van der Waals surface area (Å²) >= 11 is 12.1. The van der Waals surface area contributed by atoms with Crippen molar-refractivity contribution in [3.63, 3.8) is 0 Å². The first kappa shape index (κ1) is 26.3. The van der Waals surface area contributed by atoms with Crippen molar-refractivity contribution in [2.45, 2.75) is 45.8 Å². The number of carbonyl (C=O) groups is 2. The van der Waals surface area contributed by atoms with Gasteiger partial charge in [-0.25, -0.2) is 4.98 Å². The normalized spacial score (nSPS) is 20.7. The van der Waals surface area contributed by atoms with E-state index < -0.39 is 23.0 Å². The Morgan fingerprint density at radius 3 is 2.38 bits per heavy atom. The minimum Gasteiger partial charge on any atom is -0.480 e. The Bertz CT molecular complexity index is 1060. The summed E-state index contributed by atoms with van der Waals surface area (Å²) in [7, 11) is 1.44. The van der Waals surface area contributed by atoms with Crippen molar-refractivity contribution < 1.29 is 19.4 Å². The highest BCUT2D eigenvalue weighted by atomic mass is 35.5. The number of benzene rings is 1. The second-order valence-electron chi connectivity index (χ2n) is 9.67. The summed E-state index contributed by atoms with van der Waals surface area (Å²) in [6.07, 6.45) is 1.72. The topological polar surface area (TPSA) is 91.8 Å². The van der Waals surface area contributed by atoms with E-state index in [0.29, 0.717) is 24.5 Å². The molecule has 1 aromatic carbocycles. The molecule has 9 heteroatoms. The number of ether oxygens (including phenoxy) is 1. The molecule has 2 aromatic rings. The van der Waals surface area contributed by atoms with Crippen molar-refractivity contribution >= 4 is 35.0 Å². The van der Waals surface area contributed by atoms with Crippen molar-refractivity contribution in [3.8, 4) is 5.88 Å². The first-order chi connectivity index (χ1) is 15.9. The summed E-state index contributed by atoms with van der Waals surface area (Å²) in [4.78, 5) is 32.1. The molecule has 0 radical (unpaired) electrons. The van der Waals surface area contributed by atoms with E-state index in [9.17, 15) is 14.7 Å². The molecule has 0 aliphatic carbocycles. The van der Waals surface area contributed by atoms with Gasteiger partial charge in [0, 0.05) is 29.7 Å². The predicted octanol–water partition coefficient (Wildman–Crippen LogP) is 4.30. The van der Waals surface area contributed by atoms with E-state index in [0.717, 1.165) is 5.56 Å². The van der Waals surface area contributed by atoms with Crippen LogP contribution < -0.4 is 10.1 Å². The second kappa shape index (κ2) is 10.1. The Morgan fingerprint density at radius 2 is 1.85 bits per heavy atom. The smallest absolute Gasteiger partial charge is 0.253 e. The van der Waals surface area contributed by atoms with Crippen LogP contribution in [0.2, 0.25) is 10.0 Å². The van der Waals surface area contributed by atoms with Crippen LogP contribution in [-0.2, 0) is 10.4 Å². The van der Waals surface area contributed by atoms with Crippen LogP contribution >= 0.6 is 23.2 Å². The van der Waals surface area contributed by atoms with Gasteiger partial charge in [0.1, 0.15) is 11.1 Å². The number of pyridine rings is 1. The molecule has 2 heterocycles. The Hall–Kier alpha value is -2.35. The third kappa shape index (κ3) is 5.16. The fourth-order valence-corrected chi connectivity index (χ4v) is 4.77. The highest BCUT2D eigenvalue weighted by Gasteiger charge is 2.50. The number of rotatable bonds is 6. The fraction of sp³-hybridized carbons (Fsp3) is 0.480. The van der Waals surface area contributed by atoms with E-state index in [1.807, 2.05) is 39.8 Å². The quantitative estimate of drug-likeness (QED) is 0.607. The third-order valence-electron chi connectivity index (χ3n) is 6.57. The SMILES string of the molecule is COc1ncc(C(=O)NC(C(=O)N2CCC(O)(c3ccc(Cl)cc3)C(C)(C)C2)C(C)C)cc1Cl. The fourth-order valence-electron chi connectivity index (χ4n) is 4.41. The molecule has 0 saturated carbocycles. The van der Waals surface area contributed by atoms with Gasteiger partial charge in [-0.15, -0.1) is 0 Å². The van der Waals surface area contributed by atoms with Gasteiger partial charge in [-0.3, -0.25) is 9.59 Å². The van der Waals surface area contributed by atoms with Crippen LogP contribution in [0.3, 0.4) is 0 Å². The summed E-state index contributed by atoms with van der Waals surface area (Å²) in [5, 5.41) is 15.2. The zero-order valence-corrected chi connectivity index (χ0v) is 21.6. The number of hydrogen-bond donors (Lipinski definition) is 2. The van der Waals surface area contributed by atoms with Gasteiger partial charge in [0.15, 0.2) is 0 Å². The van der Waals surface area contributed by atoms with E-state index in [1.165, 1.54) is 19.4 Å². The van der Waals surface area contributed by atoms with Crippen LogP contribution in [0.25, 0.3) is 0 Å². The monoisotopic (exact) mass is 507 g/mol. The van der Waals surface area contributed by atoms with E-state index in [4.69, 9.17) is 27.9 Å². The van der Waals surface area contributed by atoms with E-state index in [2.05, 4.69) is 10.3 Å². The van der Waals surface area contributed by atoms with Crippen LogP contribution in [-0.4, -0.2) is 53.0 Å². The number of nitrogens with zero attached hydrogens (tertiary/aromatic N) is 2. The molecule has 1 aliphatic heterocycles. The Morgan fingerprint density at radius 1 is 1.21 bits per heavy atom. The van der Waals surface area contributed by atoms with Crippen molar-refractivity contribution in [1.29, 1.82) is 0 Å². The van der Waals surface area contributed by atoms with Gasteiger partial charge in [0.05, 0.1) is 18.3 Å². The zero-order valence-electron chi connectivity index (χ0n) is 20.1. The molecule has 2 amide bonds. The molecule has 34 heavy (non-hydrogen) atoms. The lowest BCUT2D eigenvalue weighted by Gasteiger charge is -2.51. The van der Waals surface area contributed by atoms with Crippen molar-refractivity contribution in [2.75, 3.05) is 20.2 Å². The number of likely N-dealkylation sites (tertiary alicyclic amines) is 1. The molecule has 1 saturated heterocycles. The van der Waals surface area contributed by atoms with Crippen LogP contribution in [0.5, 0.6) is 5.88 Å². The minimum absolute atomic E-state index is 0.154. The molecule has 0 bridgehead atoms. The highest BCUT2D eigenvalue weighted by Crippen LogP contribution is 2.46. The Balaban J connectivity index is 1.77. The second-order valence-corrected chi connectivity index (χ2v) is 10.5. The number of amides is 2. The molecular weight excluding hydrogens is 477 g/mol. The van der Waals surface area contributed by atoms with E-state index in [-0.39, 0.29) is 28.3 Å². The molecule has 2 unspecified atom stereocenters. The lowest BCUT2D eigenvalue weighted by atomic mass is 9.66.